The van der Waals surface area contributed by atoms with E-state index in [4.69, 9.17) is 10.8 Å². The monoisotopic (exact) mass is 291 g/mol. The van der Waals surface area contributed by atoms with E-state index in [1.165, 1.54) is 0 Å². The summed E-state index contributed by atoms with van der Waals surface area (Å²) in [6.45, 7) is 6.06. The predicted octanol–water partition coefficient (Wildman–Crippen LogP) is 1.07. The fraction of sp³-hybridized carbons (Fsp3) is 0.733. The molecule has 0 aliphatic carbocycles. The smallest absolute Gasteiger partial charge is 0.153 e. The summed E-state index contributed by atoms with van der Waals surface area (Å²) in [6, 6.07) is 2.28. The van der Waals surface area contributed by atoms with Crippen molar-refractivity contribution in [3.63, 3.8) is 0 Å². The number of hydrogen-bond acceptors (Lipinski definition) is 6. The van der Waals surface area contributed by atoms with Gasteiger partial charge in [0.15, 0.2) is 5.82 Å². The zero-order valence-electron chi connectivity index (χ0n) is 13.4. The molecule has 0 saturated carbocycles. The van der Waals surface area contributed by atoms with Crippen LogP contribution in [0.2, 0.25) is 0 Å². The lowest BCUT2D eigenvalue weighted by Gasteiger charge is -2.36. The Labute approximate surface area is 126 Å². The van der Waals surface area contributed by atoms with Crippen molar-refractivity contribution in [3.8, 4) is 0 Å². The molecule has 3 saturated heterocycles. The van der Waals surface area contributed by atoms with E-state index < -0.39 is 0 Å². The standard InChI is InChI=1S/C15H22N4O2/c1-11-10-20-5-4-19(11)12-6-15(17-16-7-12)18-8-13-2-3-14(9-18)21-13/h6-7,11,13-14H,2-5,8-10H2,1H3/t11-,13?,14?/m0/s1/i7D. The fourth-order valence-electron chi connectivity index (χ4n) is 3.50. The van der Waals surface area contributed by atoms with Crippen molar-refractivity contribution < 1.29 is 10.8 Å². The first-order valence-corrected chi connectivity index (χ1v) is 7.80. The quantitative estimate of drug-likeness (QED) is 0.812. The lowest BCUT2D eigenvalue weighted by Crippen LogP contribution is -2.45. The van der Waals surface area contributed by atoms with Gasteiger partial charge < -0.3 is 19.3 Å². The van der Waals surface area contributed by atoms with E-state index in [1.54, 1.807) is 0 Å². The third kappa shape index (κ3) is 2.58. The van der Waals surface area contributed by atoms with E-state index in [-0.39, 0.29) is 12.2 Å². The van der Waals surface area contributed by atoms with Crippen LogP contribution in [0.15, 0.2) is 12.2 Å². The molecule has 3 aliphatic rings. The van der Waals surface area contributed by atoms with Gasteiger partial charge in [-0.2, -0.15) is 5.10 Å². The normalized spacial score (nSPS) is 33.2. The van der Waals surface area contributed by atoms with Gasteiger partial charge in [0.1, 0.15) is 0 Å². The maximum atomic E-state index is 8.10. The van der Waals surface area contributed by atoms with E-state index in [9.17, 15) is 0 Å². The Hall–Kier alpha value is -1.40. The third-order valence-corrected chi connectivity index (χ3v) is 4.63. The summed E-state index contributed by atoms with van der Waals surface area (Å²) in [4.78, 5) is 4.46. The highest BCUT2D eigenvalue weighted by Crippen LogP contribution is 2.30. The van der Waals surface area contributed by atoms with Gasteiger partial charge in [-0.15, -0.1) is 5.10 Å². The highest BCUT2D eigenvalue weighted by molar-refractivity contribution is 5.54. The molecule has 0 amide bonds. The molecule has 3 fully saturated rings. The molecule has 6 nitrogen and oxygen atoms in total. The molecule has 0 aromatic carbocycles. The van der Waals surface area contributed by atoms with E-state index >= 15 is 0 Å². The Bertz CT molecular complexity index is 546. The summed E-state index contributed by atoms with van der Waals surface area (Å²) in [5.41, 5.74) is 0.861. The maximum Gasteiger partial charge on any atom is 0.153 e. The molecular weight excluding hydrogens is 268 g/mol. The molecule has 0 N–H and O–H groups in total. The Morgan fingerprint density at radius 1 is 1.33 bits per heavy atom. The lowest BCUT2D eigenvalue weighted by molar-refractivity contribution is 0.0302. The van der Waals surface area contributed by atoms with Crippen LogP contribution in [0.1, 0.15) is 21.1 Å². The van der Waals surface area contributed by atoms with Crippen LogP contribution >= 0.6 is 0 Å². The molecule has 4 heterocycles. The molecular formula is C15H22N4O2. The first-order valence-electron chi connectivity index (χ1n) is 8.30. The number of ether oxygens (including phenoxy) is 2. The summed E-state index contributed by atoms with van der Waals surface area (Å²) in [5, 5.41) is 8.34. The second kappa shape index (κ2) is 5.42. The number of aromatic nitrogens is 2. The SMILES string of the molecule is [2H]c1nnc(N2CC3CCC(C2)O3)cc1N1CCOC[C@@H]1C. The predicted molar refractivity (Wildman–Crippen MR) is 79.8 cm³/mol. The topological polar surface area (TPSA) is 50.7 Å². The molecule has 114 valence electrons. The summed E-state index contributed by atoms with van der Waals surface area (Å²) in [7, 11) is 0. The first kappa shape index (κ1) is 12.2. The Morgan fingerprint density at radius 2 is 2.14 bits per heavy atom. The van der Waals surface area contributed by atoms with Gasteiger partial charge in [-0.3, -0.25) is 0 Å². The Kier molecular flexibility index (Phi) is 3.14. The van der Waals surface area contributed by atoms with Crippen LogP contribution in [0.3, 0.4) is 0 Å². The van der Waals surface area contributed by atoms with Crippen LogP contribution in [0.25, 0.3) is 0 Å². The van der Waals surface area contributed by atoms with Crippen molar-refractivity contribution in [2.45, 2.75) is 38.0 Å². The number of fused-ring (bicyclic) bond motifs is 2. The second-order valence-corrected chi connectivity index (χ2v) is 6.18. The highest BCUT2D eigenvalue weighted by Gasteiger charge is 2.34. The van der Waals surface area contributed by atoms with Gasteiger partial charge in [-0.1, -0.05) is 0 Å². The van der Waals surface area contributed by atoms with Crippen LogP contribution in [-0.4, -0.2) is 61.3 Å². The van der Waals surface area contributed by atoms with Crippen LogP contribution < -0.4 is 9.80 Å². The highest BCUT2D eigenvalue weighted by atomic mass is 16.5. The van der Waals surface area contributed by atoms with Crippen molar-refractivity contribution in [2.24, 2.45) is 0 Å². The molecule has 2 bridgehead atoms. The average Bonchev–Trinajstić information content (AvgIpc) is 2.87. The van der Waals surface area contributed by atoms with Crippen molar-refractivity contribution in [3.05, 3.63) is 12.2 Å². The maximum absolute atomic E-state index is 8.10. The number of hydrogen-bond donors (Lipinski definition) is 0. The molecule has 3 atom stereocenters. The van der Waals surface area contributed by atoms with Gasteiger partial charge in [0.2, 0.25) is 0 Å². The average molecular weight is 291 g/mol. The molecule has 0 radical (unpaired) electrons. The largest absolute Gasteiger partial charge is 0.377 e. The minimum absolute atomic E-state index is 0.244. The van der Waals surface area contributed by atoms with Crippen molar-refractivity contribution in [1.82, 2.24) is 10.2 Å². The van der Waals surface area contributed by atoms with Gasteiger partial charge in [0.05, 0.1) is 38.7 Å². The van der Waals surface area contributed by atoms with E-state index in [1.807, 2.05) is 6.07 Å². The first-order chi connectivity index (χ1) is 10.7. The molecule has 3 aliphatic heterocycles. The van der Waals surface area contributed by atoms with Gasteiger partial charge in [0.25, 0.3) is 0 Å². The van der Waals surface area contributed by atoms with Crippen LogP contribution in [-0.2, 0) is 9.47 Å². The van der Waals surface area contributed by atoms with Crippen molar-refractivity contribution in [2.75, 3.05) is 42.6 Å². The van der Waals surface area contributed by atoms with Crippen LogP contribution in [0.5, 0.6) is 0 Å². The zero-order valence-corrected chi connectivity index (χ0v) is 12.4. The molecule has 4 rings (SSSR count). The molecule has 0 spiro atoms. The minimum atomic E-state index is 0.244. The molecule has 1 aromatic rings. The van der Waals surface area contributed by atoms with E-state index in [0.29, 0.717) is 25.4 Å². The summed E-state index contributed by atoms with van der Waals surface area (Å²) >= 11 is 0. The molecule has 21 heavy (non-hydrogen) atoms. The van der Waals surface area contributed by atoms with Crippen molar-refractivity contribution >= 4 is 11.5 Å². The van der Waals surface area contributed by atoms with Crippen LogP contribution in [0, 0.1) is 0 Å². The van der Waals surface area contributed by atoms with Crippen molar-refractivity contribution in [1.29, 1.82) is 0 Å². The van der Waals surface area contributed by atoms with E-state index in [0.717, 1.165) is 44.0 Å². The third-order valence-electron chi connectivity index (χ3n) is 4.63. The molecule has 1 aromatic heterocycles. The van der Waals surface area contributed by atoms with Gasteiger partial charge in [0, 0.05) is 31.7 Å². The molecule has 6 heteroatoms. The molecule has 2 unspecified atom stereocenters. The van der Waals surface area contributed by atoms with Gasteiger partial charge in [-0.25, -0.2) is 0 Å². The summed E-state index contributed by atoms with van der Waals surface area (Å²) in [5.74, 6) is 0.866. The number of morpholine rings is 2. The summed E-state index contributed by atoms with van der Waals surface area (Å²) < 4.78 is 19.5. The van der Waals surface area contributed by atoms with E-state index in [2.05, 4.69) is 26.9 Å². The fourth-order valence-corrected chi connectivity index (χ4v) is 3.50. The Balaban J connectivity index is 1.60. The second-order valence-electron chi connectivity index (χ2n) is 6.18. The van der Waals surface area contributed by atoms with Gasteiger partial charge >= 0.3 is 0 Å². The Morgan fingerprint density at radius 3 is 2.90 bits per heavy atom. The number of rotatable bonds is 2. The van der Waals surface area contributed by atoms with Gasteiger partial charge in [-0.05, 0) is 19.8 Å². The minimum Gasteiger partial charge on any atom is -0.377 e. The zero-order chi connectivity index (χ0) is 15.1. The van der Waals surface area contributed by atoms with Crippen LogP contribution in [0.4, 0.5) is 11.5 Å². The number of anilines is 2. The number of nitrogens with zero attached hydrogens (tertiary/aromatic N) is 4. The summed E-state index contributed by atoms with van der Waals surface area (Å²) in [6.07, 6.45) is 3.16. The lowest BCUT2D eigenvalue weighted by atomic mass is 10.2.